The molecule has 150 valence electrons. The molecular formula is C23H24N2O4. The summed E-state index contributed by atoms with van der Waals surface area (Å²) in [6.45, 7) is 3.07. The molecule has 6 nitrogen and oxygen atoms in total. The molecule has 2 amide bonds. The number of hydrogen-bond acceptors (Lipinski definition) is 4. The number of carbonyl (C=O) groups excluding carboxylic acids is 2. The van der Waals surface area contributed by atoms with Gasteiger partial charge in [-0.15, -0.1) is 0 Å². The van der Waals surface area contributed by atoms with Crippen molar-refractivity contribution in [2.45, 2.75) is 26.3 Å². The van der Waals surface area contributed by atoms with Gasteiger partial charge in [-0.3, -0.25) is 9.59 Å². The van der Waals surface area contributed by atoms with Gasteiger partial charge >= 0.3 is 0 Å². The molecule has 0 unspecified atom stereocenters. The van der Waals surface area contributed by atoms with Crippen LogP contribution in [0.25, 0.3) is 0 Å². The van der Waals surface area contributed by atoms with Crippen molar-refractivity contribution in [3.05, 3.63) is 83.8 Å². The van der Waals surface area contributed by atoms with E-state index in [0.717, 1.165) is 18.6 Å². The lowest BCUT2D eigenvalue weighted by molar-refractivity contribution is 0.0946. The largest absolute Gasteiger partial charge is 0.494 e. The van der Waals surface area contributed by atoms with Crippen LogP contribution < -0.4 is 15.4 Å². The molecule has 0 aliphatic heterocycles. The molecule has 1 heterocycles. The van der Waals surface area contributed by atoms with Crippen LogP contribution in [0.5, 0.6) is 5.75 Å². The van der Waals surface area contributed by atoms with E-state index in [1.165, 1.54) is 0 Å². The normalized spacial score (nSPS) is 10.4. The van der Waals surface area contributed by atoms with Gasteiger partial charge in [-0.2, -0.15) is 0 Å². The summed E-state index contributed by atoms with van der Waals surface area (Å²) in [5.74, 6) is 0.916. The van der Waals surface area contributed by atoms with E-state index in [9.17, 15) is 9.59 Å². The highest BCUT2D eigenvalue weighted by Gasteiger charge is 2.10. The standard InChI is InChI=1S/C23H24N2O4/c1-2-3-13-28-20-11-9-17(10-12-20)23(27)25-19-7-4-6-18(15-19)22(26)24-16-21-8-5-14-29-21/h4-12,14-15H,2-3,13,16H2,1H3,(H,24,26)(H,25,27). The van der Waals surface area contributed by atoms with Crippen LogP contribution in [-0.2, 0) is 6.54 Å². The van der Waals surface area contributed by atoms with Gasteiger partial charge in [0, 0.05) is 16.8 Å². The first-order valence-corrected chi connectivity index (χ1v) is 9.60. The second kappa shape index (κ2) is 10.1. The van der Waals surface area contributed by atoms with Gasteiger partial charge in [0.1, 0.15) is 11.5 Å². The molecule has 1 aromatic heterocycles. The number of benzene rings is 2. The molecule has 29 heavy (non-hydrogen) atoms. The molecule has 0 atom stereocenters. The fourth-order valence-electron chi connectivity index (χ4n) is 2.66. The summed E-state index contributed by atoms with van der Waals surface area (Å²) in [6, 6.07) is 17.3. The third-order valence-electron chi connectivity index (χ3n) is 4.27. The molecule has 0 saturated heterocycles. The summed E-state index contributed by atoms with van der Waals surface area (Å²) in [5.41, 5.74) is 1.51. The summed E-state index contributed by atoms with van der Waals surface area (Å²) < 4.78 is 10.8. The number of amides is 2. The Bertz CT molecular complexity index is 934. The highest BCUT2D eigenvalue weighted by Crippen LogP contribution is 2.16. The molecule has 3 rings (SSSR count). The molecule has 0 bridgehead atoms. The zero-order valence-corrected chi connectivity index (χ0v) is 16.3. The number of carbonyl (C=O) groups is 2. The minimum Gasteiger partial charge on any atom is -0.494 e. The van der Waals surface area contributed by atoms with Gasteiger partial charge in [0.05, 0.1) is 19.4 Å². The summed E-state index contributed by atoms with van der Waals surface area (Å²) >= 11 is 0. The Labute approximate surface area is 169 Å². The molecule has 0 spiro atoms. The van der Waals surface area contributed by atoms with E-state index in [0.29, 0.717) is 35.7 Å². The van der Waals surface area contributed by atoms with Crippen LogP contribution in [0.2, 0.25) is 0 Å². The molecule has 0 saturated carbocycles. The maximum Gasteiger partial charge on any atom is 0.255 e. The van der Waals surface area contributed by atoms with E-state index < -0.39 is 0 Å². The van der Waals surface area contributed by atoms with Gasteiger partial charge < -0.3 is 19.8 Å². The lowest BCUT2D eigenvalue weighted by atomic mass is 10.1. The Morgan fingerprint density at radius 1 is 0.966 bits per heavy atom. The van der Waals surface area contributed by atoms with E-state index in [2.05, 4.69) is 17.6 Å². The fraction of sp³-hybridized carbons (Fsp3) is 0.217. The highest BCUT2D eigenvalue weighted by atomic mass is 16.5. The molecule has 2 N–H and O–H groups in total. The fourth-order valence-corrected chi connectivity index (χ4v) is 2.66. The monoisotopic (exact) mass is 392 g/mol. The topological polar surface area (TPSA) is 80.6 Å². The number of nitrogens with one attached hydrogen (secondary N) is 2. The van der Waals surface area contributed by atoms with Crippen LogP contribution in [0.4, 0.5) is 5.69 Å². The first-order chi connectivity index (χ1) is 14.2. The summed E-state index contributed by atoms with van der Waals surface area (Å²) in [4.78, 5) is 24.8. The third-order valence-corrected chi connectivity index (χ3v) is 4.27. The maximum absolute atomic E-state index is 12.5. The zero-order chi connectivity index (χ0) is 20.5. The quantitative estimate of drug-likeness (QED) is 0.520. The molecule has 0 fully saturated rings. The Hall–Kier alpha value is -3.54. The molecule has 6 heteroatoms. The summed E-state index contributed by atoms with van der Waals surface area (Å²) in [5, 5.41) is 5.60. The van der Waals surface area contributed by atoms with E-state index in [1.807, 2.05) is 0 Å². The maximum atomic E-state index is 12.5. The predicted molar refractivity (Wildman–Crippen MR) is 111 cm³/mol. The van der Waals surface area contributed by atoms with Crippen LogP contribution >= 0.6 is 0 Å². The van der Waals surface area contributed by atoms with Crippen LogP contribution in [-0.4, -0.2) is 18.4 Å². The molecule has 0 aliphatic rings. The summed E-state index contributed by atoms with van der Waals surface area (Å²) in [6.07, 6.45) is 3.62. The highest BCUT2D eigenvalue weighted by molar-refractivity contribution is 6.05. The Balaban J connectivity index is 1.57. The molecular weight excluding hydrogens is 368 g/mol. The van der Waals surface area contributed by atoms with E-state index in [1.54, 1.807) is 66.9 Å². The van der Waals surface area contributed by atoms with Crippen LogP contribution in [0.15, 0.2) is 71.3 Å². The lowest BCUT2D eigenvalue weighted by Gasteiger charge is -2.09. The van der Waals surface area contributed by atoms with E-state index in [-0.39, 0.29) is 11.8 Å². The first kappa shape index (κ1) is 20.2. The number of rotatable bonds is 9. The predicted octanol–water partition coefficient (Wildman–Crippen LogP) is 4.64. The minimum absolute atomic E-state index is 0.244. The Kier molecular flexibility index (Phi) is 7.05. The minimum atomic E-state index is -0.252. The second-order valence-corrected chi connectivity index (χ2v) is 6.52. The van der Waals surface area contributed by atoms with Crippen molar-refractivity contribution in [3.63, 3.8) is 0 Å². The van der Waals surface area contributed by atoms with Crippen molar-refractivity contribution in [2.24, 2.45) is 0 Å². The van der Waals surface area contributed by atoms with E-state index in [4.69, 9.17) is 9.15 Å². The zero-order valence-electron chi connectivity index (χ0n) is 16.3. The van der Waals surface area contributed by atoms with Crippen LogP contribution in [0, 0.1) is 0 Å². The first-order valence-electron chi connectivity index (χ1n) is 9.60. The number of hydrogen-bond donors (Lipinski definition) is 2. The van der Waals surface area contributed by atoms with Gasteiger partial charge in [0.2, 0.25) is 0 Å². The van der Waals surface area contributed by atoms with Gasteiger partial charge in [0.25, 0.3) is 11.8 Å². The van der Waals surface area contributed by atoms with Gasteiger partial charge in [-0.1, -0.05) is 19.4 Å². The summed E-state index contributed by atoms with van der Waals surface area (Å²) in [7, 11) is 0. The Morgan fingerprint density at radius 3 is 2.52 bits per heavy atom. The van der Waals surface area contributed by atoms with Crippen molar-refractivity contribution >= 4 is 17.5 Å². The SMILES string of the molecule is CCCCOc1ccc(C(=O)Nc2cccc(C(=O)NCc3ccco3)c2)cc1. The van der Waals surface area contributed by atoms with Crippen molar-refractivity contribution in [1.82, 2.24) is 5.32 Å². The molecule has 3 aromatic rings. The number of furan rings is 1. The van der Waals surface area contributed by atoms with Crippen molar-refractivity contribution in [3.8, 4) is 5.75 Å². The van der Waals surface area contributed by atoms with Crippen molar-refractivity contribution in [2.75, 3.05) is 11.9 Å². The van der Waals surface area contributed by atoms with Gasteiger partial charge in [-0.25, -0.2) is 0 Å². The van der Waals surface area contributed by atoms with Gasteiger partial charge in [-0.05, 0) is 61.0 Å². The number of ether oxygens (including phenoxy) is 1. The molecule has 0 radical (unpaired) electrons. The molecule has 0 aliphatic carbocycles. The second-order valence-electron chi connectivity index (χ2n) is 6.52. The van der Waals surface area contributed by atoms with E-state index >= 15 is 0 Å². The number of unbranched alkanes of at least 4 members (excludes halogenated alkanes) is 1. The van der Waals surface area contributed by atoms with Crippen LogP contribution in [0.1, 0.15) is 46.2 Å². The van der Waals surface area contributed by atoms with Crippen LogP contribution in [0.3, 0.4) is 0 Å². The third kappa shape index (κ3) is 5.97. The average Bonchev–Trinajstić information content (AvgIpc) is 3.26. The lowest BCUT2D eigenvalue weighted by Crippen LogP contribution is -2.22. The van der Waals surface area contributed by atoms with Gasteiger partial charge in [0.15, 0.2) is 0 Å². The van der Waals surface area contributed by atoms with Crippen molar-refractivity contribution < 1.29 is 18.7 Å². The number of anilines is 1. The average molecular weight is 392 g/mol. The van der Waals surface area contributed by atoms with Crippen molar-refractivity contribution in [1.29, 1.82) is 0 Å². The molecule has 2 aromatic carbocycles. The smallest absolute Gasteiger partial charge is 0.255 e. The Morgan fingerprint density at radius 2 is 1.79 bits per heavy atom.